The predicted octanol–water partition coefficient (Wildman–Crippen LogP) is 1.54. The van der Waals surface area contributed by atoms with E-state index in [2.05, 4.69) is 17.2 Å². The van der Waals surface area contributed by atoms with Crippen LogP contribution in [0.4, 0.5) is 0 Å². The Labute approximate surface area is 133 Å². The van der Waals surface area contributed by atoms with E-state index in [1.54, 1.807) is 12.4 Å². The SMILES string of the molecule is CCCCCN(CCC(=O)NCc1ccncc1)S(C)(=O)=O. The van der Waals surface area contributed by atoms with Crippen LogP contribution in [0.5, 0.6) is 0 Å². The van der Waals surface area contributed by atoms with Gasteiger partial charge in [-0.3, -0.25) is 9.78 Å². The summed E-state index contributed by atoms with van der Waals surface area (Å²) in [5.74, 6) is -0.152. The second kappa shape index (κ2) is 9.53. The number of carbonyl (C=O) groups excluding carboxylic acids is 1. The van der Waals surface area contributed by atoms with E-state index >= 15 is 0 Å². The van der Waals surface area contributed by atoms with E-state index < -0.39 is 10.0 Å². The summed E-state index contributed by atoms with van der Waals surface area (Å²) in [7, 11) is -3.26. The average Bonchev–Trinajstić information content (AvgIpc) is 2.48. The van der Waals surface area contributed by atoms with Crippen molar-refractivity contribution in [1.82, 2.24) is 14.6 Å². The summed E-state index contributed by atoms with van der Waals surface area (Å²) in [5.41, 5.74) is 0.964. The molecule has 1 N–H and O–H groups in total. The van der Waals surface area contributed by atoms with Crippen LogP contribution in [0.3, 0.4) is 0 Å². The first-order valence-corrected chi connectivity index (χ1v) is 9.39. The maximum absolute atomic E-state index is 11.8. The molecule has 0 atom stereocenters. The Morgan fingerprint density at radius 3 is 2.50 bits per heavy atom. The molecule has 1 heterocycles. The summed E-state index contributed by atoms with van der Waals surface area (Å²) in [6.45, 7) is 3.20. The molecule has 0 radical (unpaired) electrons. The summed E-state index contributed by atoms with van der Waals surface area (Å²) in [6, 6.07) is 3.65. The van der Waals surface area contributed by atoms with Gasteiger partial charge < -0.3 is 5.32 Å². The lowest BCUT2D eigenvalue weighted by Crippen LogP contribution is -2.35. The Morgan fingerprint density at radius 1 is 1.23 bits per heavy atom. The lowest BCUT2D eigenvalue weighted by Gasteiger charge is -2.19. The molecule has 6 nitrogen and oxygen atoms in total. The second-order valence-corrected chi connectivity index (χ2v) is 7.23. The van der Waals surface area contributed by atoms with Crippen LogP contribution in [0.15, 0.2) is 24.5 Å². The van der Waals surface area contributed by atoms with E-state index in [-0.39, 0.29) is 18.9 Å². The lowest BCUT2D eigenvalue weighted by atomic mass is 10.2. The molecule has 7 heteroatoms. The van der Waals surface area contributed by atoms with Gasteiger partial charge in [-0.05, 0) is 24.1 Å². The number of rotatable bonds is 10. The summed E-state index contributed by atoms with van der Waals surface area (Å²) in [5, 5.41) is 2.78. The largest absolute Gasteiger partial charge is 0.352 e. The molecule has 1 aromatic heterocycles. The van der Waals surface area contributed by atoms with Crippen molar-refractivity contribution in [2.75, 3.05) is 19.3 Å². The normalized spacial score (nSPS) is 11.6. The van der Waals surface area contributed by atoms with Gasteiger partial charge in [0.1, 0.15) is 0 Å². The van der Waals surface area contributed by atoms with Crippen LogP contribution >= 0.6 is 0 Å². The fourth-order valence-electron chi connectivity index (χ4n) is 2.00. The molecule has 0 aliphatic carbocycles. The molecule has 124 valence electrons. The molecule has 0 spiro atoms. The van der Waals surface area contributed by atoms with Crippen molar-refractivity contribution in [3.63, 3.8) is 0 Å². The molecule has 0 aromatic carbocycles. The highest BCUT2D eigenvalue weighted by Gasteiger charge is 2.17. The maximum Gasteiger partial charge on any atom is 0.221 e. The van der Waals surface area contributed by atoms with Crippen molar-refractivity contribution in [3.8, 4) is 0 Å². The fraction of sp³-hybridized carbons (Fsp3) is 0.600. The Balaban J connectivity index is 2.38. The molecular formula is C15H25N3O3S. The summed E-state index contributed by atoms with van der Waals surface area (Å²) in [4.78, 5) is 15.7. The number of amides is 1. The van der Waals surface area contributed by atoms with Gasteiger partial charge in [0.05, 0.1) is 6.26 Å². The first kappa shape index (κ1) is 18.6. The standard InChI is InChI=1S/C15H25N3O3S/c1-3-4-5-11-18(22(2,20)21)12-8-15(19)17-13-14-6-9-16-10-7-14/h6-7,9-10H,3-5,8,11-13H2,1-2H3,(H,17,19). The number of hydrogen-bond donors (Lipinski definition) is 1. The van der Waals surface area contributed by atoms with Crippen LogP contribution in [-0.4, -0.2) is 43.0 Å². The first-order chi connectivity index (χ1) is 10.4. The Hall–Kier alpha value is -1.47. The lowest BCUT2D eigenvalue weighted by molar-refractivity contribution is -0.121. The molecule has 0 saturated heterocycles. The van der Waals surface area contributed by atoms with Gasteiger partial charge in [0.15, 0.2) is 0 Å². The molecular weight excluding hydrogens is 302 g/mol. The van der Waals surface area contributed by atoms with Gasteiger partial charge in [-0.25, -0.2) is 12.7 Å². The number of unbranched alkanes of at least 4 members (excludes halogenated alkanes) is 2. The molecule has 1 amide bonds. The minimum Gasteiger partial charge on any atom is -0.352 e. The van der Waals surface area contributed by atoms with Gasteiger partial charge in [-0.1, -0.05) is 19.8 Å². The zero-order valence-corrected chi connectivity index (χ0v) is 14.1. The van der Waals surface area contributed by atoms with Crippen molar-refractivity contribution in [3.05, 3.63) is 30.1 Å². The van der Waals surface area contributed by atoms with Crippen molar-refractivity contribution < 1.29 is 13.2 Å². The van der Waals surface area contributed by atoms with Crippen LogP contribution in [0.1, 0.15) is 38.2 Å². The molecule has 22 heavy (non-hydrogen) atoms. The third-order valence-electron chi connectivity index (χ3n) is 3.31. The van der Waals surface area contributed by atoms with Crippen molar-refractivity contribution >= 4 is 15.9 Å². The van der Waals surface area contributed by atoms with E-state index in [4.69, 9.17) is 0 Å². The zero-order chi connectivity index (χ0) is 16.4. The molecule has 1 rings (SSSR count). The van der Waals surface area contributed by atoms with E-state index in [1.807, 2.05) is 12.1 Å². The molecule has 0 unspecified atom stereocenters. The smallest absolute Gasteiger partial charge is 0.221 e. The van der Waals surface area contributed by atoms with Gasteiger partial charge in [0.2, 0.25) is 15.9 Å². The first-order valence-electron chi connectivity index (χ1n) is 7.54. The van der Waals surface area contributed by atoms with Gasteiger partial charge in [0, 0.05) is 38.4 Å². The Morgan fingerprint density at radius 2 is 1.91 bits per heavy atom. The number of aromatic nitrogens is 1. The summed E-state index contributed by atoms with van der Waals surface area (Å²) < 4.78 is 24.8. The van der Waals surface area contributed by atoms with Crippen molar-refractivity contribution in [1.29, 1.82) is 0 Å². The minimum absolute atomic E-state index is 0.152. The van der Waals surface area contributed by atoms with E-state index in [1.165, 1.54) is 10.6 Å². The summed E-state index contributed by atoms with van der Waals surface area (Å²) >= 11 is 0. The van der Waals surface area contributed by atoms with E-state index in [0.717, 1.165) is 24.8 Å². The van der Waals surface area contributed by atoms with Crippen LogP contribution in [0, 0.1) is 0 Å². The number of carbonyl (C=O) groups is 1. The molecule has 0 bridgehead atoms. The number of pyridine rings is 1. The monoisotopic (exact) mass is 327 g/mol. The molecule has 0 aliphatic rings. The highest BCUT2D eigenvalue weighted by Crippen LogP contribution is 2.05. The Bertz CT molecular complexity index is 546. The third-order valence-corrected chi connectivity index (χ3v) is 4.61. The number of sulfonamides is 1. The van der Waals surface area contributed by atoms with Crippen molar-refractivity contribution in [2.24, 2.45) is 0 Å². The van der Waals surface area contributed by atoms with E-state index in [0.29, 0.717) is 13.1 Å². The number of nitrogens with zero attached hydrogens (tertiary/aromatic N) is 2. The van der Waals surface area contributed by atoms with Gasteiger partial charge in [0.25, 0.3) is 0 Å². The predicted molar refractivity (Wildman–Crippen MR) is 86.6 cm³/mol. The third kappa shape index (κ3) is 7.51. The number of hydrogen-bond acceptors (Lipinski definition) is 4. The van der Waals surface area contributed by atoms with Crippen LogP contribution < -0.4 is 5.32 Å². The highest BCUT2D eigenvalue weighted by atomic mass is 32.2. The highest BCUT2D eigenvalue weighted by molar-refractivity contribution is 7.88. The van der Waals surface area contributed by atoms with Crippen LogP contribution in [-0.2, 0) is 21.4 Å². The van der Waals surface area contributed by atoms with E-state index in [9.17, 15) is 13.2 Å². The molecule has 0 saturated carbocycles. The topological polar surface area (TPSA) is 79.4 Å². The molecule has 1 aromatic rings. The van der Waals surface area contributed by atoms with Gasteiger partial charge >= 0.3 is 0 Å². The van der Waals surface area contributed by atoms with Crippen molar-refractivity contribution in [2.45, 2.75) is 39.2 Å². The molecule has 0 fully saturated rings. The molecule has 0 aliphatic heterocycles. The summed E-state index contributed by atoms with van der Waals surface area (Å²) in [6.07, 6.45) is 7.53. The number of nitrogens with one attached hydrogen (secondary N) is 1. The zero-order valence-electron chi connectivity index (χ0n) is 13.3. The fourth-order valence-corrected chi connectivity index (χ4v) is 2.88. The Kier molecular flexibility index (Phi) is 8.05. The maximum atomic E-state index is 11.8. The quantitative estimate of drug-likeness (QED) is 0.661. The van der Waals surface area contributed by atoms with Gasteiger partial charge in [-0.2, -0.15) is 0 Å². The van der Waals surface area contributed by atoms with Crippen LogP contribution in [0.2, 0.25) is 0 Å². The van der Waals surface area contributed by atoms with Crippen LogP contribution in [0.25, 0.3) is 0 Å². The van der Waals surface area contributed by atoms with Gasteiger partial charge in [-0.15, -0.1) is 0 Å². The average molecular weight is 327 g/mol. The minimum atomic E-state index is -3.26. The second-order valence-electron chi connectivity index (χ2n) is 5.25.